The van der Waals surface area contributed by atoms with Crippen molar-refractivity contribution >= 4 is 40.9 Å². The molecule has 154 valence electrons. The second-order valence-corrected chi connectivity index (χ2v) is 6.56. The van der Waals surface area contributed by atoms with Crippen molar-refractivity contribution < 1.29 is 24.0 Å². The summed E-state index contributed by atoms with van der Waals surface area (Å²) in [4.78, 5) is 34.4. The van der Waals surface area contributed by atoms with E-state index in [9.17, 15) is 19.7 Å². The number of amides is 2. The molecule has 2 aromatic rings. The van der Waals surface area contributed by atoms with Gasteiger partial charge in [0, 0.05) is 12.1 Å². The molecule has 1 saturated heterocycles. The maximum atomic E-state index is 12.0. The lowest BCUT2D eigenvalue weighted by Gasteiger charge is -2.17. The fourth-order valence-electron chi connectivity index (χ4n) is 2.70. The molecule has 3 rings (SSSR count). The first-order valence-corrected chi connectivity index (χ1v) is 9.29. The number of non-ortho nitro benzene ring substituents is 1. The second-order valence-electron chi connectivity index (χ2n) is 6.15. The number of nitro groups is 1. The average molecular weight is 427 g/mol. The van der Waals surface area contributed by atoms with Crippen LogP contribution in [-0.2, 0) is 16.2 Å². The number of nitrogens with zero attached hydrogens (tertiary/aromatic N) is 1. The third-order valence-corrected chi connectivity index (χ3v) is 4.24. The third-order valence-electron chi connectivity index (χ3n) is 4.04. The average Bonchev–Trinajstić information content (AvgIpc) is 2.70. The minimum Gasteiger partial charge on any atom is -0.490 e. The molecule has 2 aromatic carbocycles. The summed E-state index contributed by atoms with van der Waals surface area (Å²) in [7, 11) is 0. The van der Waals surface area contributed by atoms with Crippen LogP contribution in [-0.4, -0.2) is 28.5 Å². The molecule has 0 spiro atoms. The predicted octanol–water partition coefficient (Wildman–Crippen LogP) is 2.49. The van der Waals surface area contributed by atoms with E-state index in [1.165, 1.54) is 18.2 Å². The van der Waals surface area contributed by atoms with Crippen LogP contribution in [0.3, 0.4) is 0 Å². The Labute approximate surface area is 176 Å². The van der Waals surface area contributed by atoms with Crippen LogP contribution in [0, 0.1) is 10.1 Å². The molecule has 0 saturated carbocycles. The lowest BCUT2D eigenvalue weighted by atomic mass is 10.1. The van der Waals surface area contributed by atoms with Crippen LogP contribution in [0.5, 0.6) is 11.5 Å². The summed E-state index contributed by atoms with van der Waals surface area (Å²) < 4.78 is 11.4. The molecule has 2 amide bonds. The van der Waals surface area contributed by atoms with Gasteiger partial charge in [0.1, 0.15) is 12.2 Å². The number of carbonyl (C=O) groups is 2. The van der Waals surface area contributed by atoms with E-state index in [1.807, 2.05) is 0 Å². The lowest BCUT2D eigenvalue weighted by Crippen LogP contribution is -2.51. The number of hydrogen-bond donors (Lipinski definition) is 2. The maximum Gasteiger partial charge on any atom is 0.269 e. The van der Waals surface area contributed by atoms with Gasteiger partial charge in [-0.25, -0.2) is 0 Å². The molecular formula is C20H17N3O6S. The molecule has 0 aromatic heterocycles. The summed E-state index contributed by atoms with van der Waals surface area (Å²) in [6, 6.07) is 11.1. The first kappa shape index (κ1) is 20.9. The summed E-state index contributed by atoms with van der Waals surface area (Å²) in [5, 5.41) is 15.6. The van der Waals surface area contributed by atoms with Crippen LogP contribution in [0.25, 0.3) is 6.08 Å². The Balaban J connectivity index is 1.81. The molecule has 1 aliphatic rings. The SMILES string of the molecule is CCOc1cc(C=C2C(=O)NC(=S)NC2=O)ccc1OCc1cccc([N+](=O)[O-])c1. The molecule has 1 fully saturated rings. The molecule has 10 heteroatoms. The van der Waals surface area contributed by atoms with Gasteiger partial charge in [0.05, 0.1) is 11.5 Å². The summed E-state index contributed by atoms with van der Waals surface area (Å²) in [5.41, 5.74) is 1.07. The summed E-state index contributed by atoms with van der Waals surface area (Å²) in [6.07, 6.45) is 1.42. The molecule has 30 heavy (non-hydrogen) atoms. The first-order chi connectivity index (χ1) is 14.4. The molecule has 2 N–H and O–H groups in total. The van der Waals surface area contributed by atoms with Gasteiger partial charge >= 0.3 is 0 Å². The van der Waals surface area contributed by atoms with Crippen LogP contribution in [0.4, 0.5) is 5.69 Å². The van der Waals surface area contributed by atoms with Gasteiger partial charge in [-0.05, 0) is 48.5 Å². The van der Waals surface area contributed by atoms with E-state index in [0.717, 1.165) is 0 Å². The quantitative estimate of drug-likeness (QED) is 0.229. The largest absolute Gasteiger partial charge is 0.490 e. The number of thiocarbonyl (C=S) groups is 1. The van der Waals surface area contributed by atoms with E-state index < -0.39 is 16.7 Å². The maximum absolute atomic E-state index is 12.0. The topological polar surface area (TPSA) is 120 Å². The highest BCUT2D eigenvalue weighted by molar-refractivity contribution is 7.80. The standard InChI is InChI=1S/C20H17N3O6S/c1-2-28-17-10-12(9-15-18(24)21-20(30)22-19(15)25)6-7-16(17)29-11-13-4-3-5-14(8-13)23(26)27/h3-10H,2,11H2,1H3,(H2,21,22,24,25,30). The van der Waals surface area contributed by atoms with E-state index in [4.69, 9.17) is 21.7 Å². The third kappa shape index (κ3) is 4.97. The smallest absolute Gasteiger partial charge is 0.269 e. The number of hydrogen-bond acceptors (Lipinski definition) is 7. The van der Waals surface area contributed by atoms with Crippen LogP contribution in [0.1, 0.15) is 18.1 Å². The van der Waals surface area contributed by atoms with Crippen LogP contribution in [0.15, 0.2) is 48.0 Å². The normalized spacial score (nSPS) is 13.4. The Morgan fingerprint density at radius 2 is 1.80 bits per heavy atom. The zero-order valence-corrected chi connectivity index (χ0v) is 16.7. The Hall–Kier alpha value is -3.79. The number of benzene rings is 2. The van der Waals surface area contributed by atoms with Gasteiger partial charge in [0.2, 0.25) is 0 Å². The van der Waals surface area contributed by atoms with Crippen LogP contribution in [0.2, 0.25) is 0 Å². The zero-order valence-electron chi connectivity index (χ0n) is 15.8. The molecule has 1 aliphatic heterocycles. The van der Waals surface area contributed by atoms with E-state index in [1.54, 1.807) is 37.3 Å². The Bertz CT molecular complexity index is 1040. The fraction of sp³-hybridized carbons (Fsp3) is 0.150. The number of ether oxygens (including phenoxy) is 2. The number of carbonyl (C=O) groups excluding carboxylic acids is 2. The highest BCUT2D eigenvalue weighted by Gasteiger charge is 2.25. The van der Waals surface area contributed by atoms with E-state index in [-0.39, 0.29) is 23.0 Å². The van der Waals surface area contributed by atoms with Crippen molar-refractivity contribution in [3.63, 3.8) is 0 Å². The van der Waals surface area contributed by atoms with Gasteiger partial charge in [-0.15, -0.1) is 0 Å². The van der Waals surface area contributed by atoms with Crippen LogP contribution < -0.4 is 20.1 Å². The van der Waals surface area contributed by atoms with Gasteiger partial charge in [-0.3, -0.25) is 30.3 Å². The van der Waals surface area contributed by atoms with Crippen molar-refractivity contribution in [3.8, 4) is 11.5 Å². The highest BCUT2D eigenvalue weighted by atomic mass is 32.1. The molecule has 0 bridgehead atoms. The zero-order chi connectivity index (χ0) is 21.7. The lowest BCUT2D eigenvalue weighted by molar-refractivity contribution is -0.384. The van der Waals surface area contributed by atoms with Crippen LogP contribution >= 0.6 is 12.2 Å². The number of rotatable bonds is 7. The van der Waals surface area contributed by atoms with Gasteiger partial charge in [-0.1, -0.05) is 18.2 Å². The minimum absolute atomic E-state index is 0.0216. The van der Waals surface area contributed by atoms with Crippen molar-refractivity contribution in [3.05, 3.63) is 69.3 Å². The van der Waals surface area contributed by atoms with Gasteiger partial charge in [0.15, 0.2) is 16.6 Å². The molecule has 0 aliphatic carbocycles. The van der Waals surface area contributed by atoms with E-state index >= 15 is 0 Å². The van der Waals surface area contributed by atoms with Crippen molar-refractivity contribution in [2.75, 3.05) is 6.61 Å². The Kier molecular flexibility index (Phi) is 6.38. The number of nitrogens with one attached hydrogen (secondary N) is 2. The highest BCUT2D eigenvalue weighted by Crippen LogP contribution is 2.30. The van der Waals surface area contributed by atoms with Gasteiger partial charge in [-0.2, -0.15) is 0 Å². The summed E-state index contributed by atoms with van der Waals surface area (Å²) in [6.45, 7) is 2.27. The van der Waals surface area contributed by atoms with Crippen molar-refractivity contribution in [2.24, 2.45) is 0 Å². The summed E-state index contributed by atoms with van der Waals surface area (Å²) in [5.74, 6) is -0.353. The molecule has 0 atom stereocenters. The Morgan fingerprint density at radius 3 is 2.47 bits per heavy atom. The first-order valence-electron chi connectivity index (χ1n) is 8.88. The van der Waals surface area contributed by atoms with Crippen molar-refractivity contribution in [1.29, 1.82) is 0 Å². The van der Waals surface area contributed by atoms with E-state index in [2.05, 4.69) is 10.6 Å². The molecule has 1 heterocycles. The monoisotopic (exact) mass is 427 g/mol. The molecule has 9 nitrogen and oxygen atoms in total. The number of nitro benzene ring substituents is 1. The van der Waals surface area contributed by atoms with Gasteiger partial charge < -0.3 is 9.47 Å². The fourth-order valence-corrected chi connectivity index (χ4v) is 2.88. The van der Waals surface area contributed by atoms with Gasteiger partial charge in [0.25, 0.3) is 17.5 Å². The predicted molar refractivity (Wildman–Crippen MR) is 112 cm³/mol. The van der Waals surface area contributed by atoms with E-state index in [0.29, 0.717) is 29.2 Å². The second kappa shape index (κ2) is 9.14. The minimum atomic E-state index is -0.590. The van der Waals surface area contributed by atoms with Crippen molar-refractivity contribution in [1.82, 2.24) is 10.6 Å². The molecule has 0 unspecified atom stereocenters. The molecular weight excluding hydrogens is 410 g/mol. The molecule has 0 radical (unpaired) electrons. The Morgan fingerprint density at radius 1 is 1.07 bits per heavy atom. The summed E-state index contributed by atoms with van der Waals surface area (Å²) >= 11 is 4.78. The van der Waals surface area contributed by atoms with Crippen molar-refractivity contribution in [2.45, 2.75) is 13.5 Å².